The SMILES string of the molecule is CC(=O)CCC(C=O)C1C(=O)c2cccc(NCCOCCOCCC(=O)OC(C)(C)C)c2C1=O. The first kappa shape index (κ1) is 28.3. The number of Topliss-reactive ketones (excluding diaryl/α,β-unsaturated/α-hetero) is 3. The lowest BCUT2D eigenvalue weighted by Crippen LogP contribution is -2.27. The highest BCUT2D eigenvalue weighted by atomic mass is 16.6. The van der Waals surface area contributed by atoms with Crippen molar-refractivity contribution < 1.29 is 38.2 Å². The lowest BCUT2D eigenvalue weighted by molar-refractivity contribution is -0.156. The van der Waals surface area contributed by atoms with E-state index in [1.165, 1.54) is 6.92 Å². The van der Waals surface area contributed by atoms with E-state index in [2.05, 4.69) is 5.32 Å². The molecule has 2 unspecified atom stereocenters. The minimum absolute atomic E-state index is 0.0944. The topological polar surface area (TPSA) is 125 Å². The summed E-state index contributed by atoms with van der Waals surface area (Å²) in [4.78, 5) is 60.4. The molecule has 0 fully saturated rings. The number of carbonyl (C=O) groups excluding carboxylic acids is 5. The van der Waals surface area contributed by atoms with E-state index in [0.717, 1.165) is 0 Å². The Morgan fingerprint density at radius 2 is 1.71 bits per heavy atom. The highest BCUT2D eigenvalue weighted by Gasteiger charge is 2.44. The van der Waals surface area contributed by atoms with Crippen molar-refractivity contribution in [1.82, 2.24) is 0 Å². The van der Waals surface area contributed by atoms with E-state index in [4.69, 9.17) is 14.2 Å². The van der Waals surface area contributed by atoms with E-state index >= 15 is 0 Å². The third kappa shape index (κ3) is 8.67. The normalized spacial score (nSPS) is 16.1. The summed E-state index contributed by atoms with van der Waals surface area (Å²) in [5, 5.41) is 3.12. The summed E-state index contributed by atoms with van der Waals surface area (Å²) in [6.45, 7) is 8.47. The molecule has 0 aliphatic heterocycles. The zero-order valence-corrected chi connectivity index (χ0v) is 20.9. The van der Waals surface area contributed by atoms with Gasteiger partial charge in [-0.2, -0.15) is 0 Å². The van der Waals surface area contributed by atoms with Gasteiger partial charge in [-0.15, -0.1) is 0 Å². The van der Waals surface area contributed by atoms with E-state index in [0.29, 0.717) is 43.9 Å². The lowest BCUT2D eigenvalue weighted by Gasteiger charge is -2.19. The Hall–Kier alpha value is -2.91. The molecule has 35 heavy (non-hydrogen) atoms. The molecular formula is C26H35NO8. The minimum Gasteiger partial charge on any atom is -0.460 e. The van der Waals surface area contributed by atoms with Gasteiger partial charge in [-0.3, -0.25) is 14.4 Å². The Morgan fingerprint density at radius 3 is 2.34 bits per heavy atom. The number of esters is 1. The van der Waals surface area contributed by atoms with Crippen LogP contribution in [0.15, 0.2) is 18.2 Å². The predicted molar refractivity (Wildman–Crippen MR) is 129 cm³/mol. The van der Waals surface area contributed by atoms with Crippen LogP contribution in [0.3, 0.4) is 0 Å². The second-order valence-corrected chi connectivity index (χ2v) is 9.46. The first-order valence-corrected chi connectivity index (χ1v) is 11.8. The van der Waals surface area contributed by atoms with Crippen LogP contribution in [-0.4, -0.2) is 68.2 Å². The summed E-state index contributed by atoms with van der Waals surface area (Å²) in [5.41, 5.74) is 0.565. The van der Waals surface area contributed by atoms with Gasteiger partial charge in [-0.1, -0.05) is 12.1 Å². The van der Waals surface area contributed by atoms with Crippen molar-refractivity contribution in [3.63, 3.8) is 0 Å². The van der Waals surface area contributed by atoms with Crippen LogP contribution in [0.1, 0.15) is 67.7 Å². The fourth-order valence-corrected chi connectivity index (χ4v) is 3.81. The molecule has 1 aromatic rings. The van der Waals surface area contributed by atoms with Gasteiger partial charge in [-0.05, 0) is 40.2 Å². The molecule has 0 amide bonds. The monoisotopic (exact) mass is 489 g/mol. The fraction of sp³-hybridized carbons (Fsp3) is 0.577. The highest BCUT2D eigenvalue weighted by Crippen LogP contribution is 2.36. The summed E-state index contributed by atoms with van der Waals surface area (Å²) in [6.07, 6.45) is 1.09. The second kappa shape index (κ2) is 13.3. The van der Waals surface area contributed by atoms with Gasteiger partial charge in [0.15, 0.2) is 11.6 Å². The molecule has 9 heteroatoms. The van der Waals surface area contributed by atoms with Crippen LogP contribution in [0.2, 0.25) is 0 Å². The van der Waals surface area contributed by atoms with Crippen molar-refractivity contribution in [2.75, 3.05) is 38.3 Å². The summed E-state index contributed by atoms with van der Waals surface area (Å²) in [7, 11) is 0. The van der Waals surface area contributed by atoms with Gasteiger partial charge in [0.2, 0.25) is 0 Å². The van der Waals surface area contributed by atoms with Crippen molar-refractivity contribution in [2.45, 2.75) is 52.6 Å². The molecular weight excluding hydrogens is 454 g/mol. The molecule has 2 rings (SSSR count). The van der Waals surface area contributed by atoms with Crippen molar-refractivity contribution in [2.24, 2.45) is 11.8 Å². The summed E-state index contributed by atoms with van der Waals surface area (Å²) in [5.74, 6) is -3.09. The van der Waals surface area contributed by atoms with Gasteiger partial charge >= 0.3 is 5.97 Å². The molecule has 0 saturated heterocycles. The lowest BCUT2D eigenvalue weighted by atomic mass is 9.85. The van der Waals surface area contributed by atoms with Gasteiger partial charge < -0.3 is 29.1 Å². The summed E-state index contributed by atoms with van der Waals surface area (Å²) >= 11 is 0. The van der Waals surface area contributed by atoms with Crippen LogP contribution in [0, 0.1) is 11.8 Å². The van der Waals surface area contributed by atoms with Crippen LogP contribution in [0.5, 0.6) is 0 Å². The Balaban J connectivity index is 1.77. The van der Waals surface area contributed by atoms with Crippen LogP contribution in [0.25, 0.3) is 0 Å². The van der Waals surface area contributed by atoms with E-state index in [-0.39, 0.29) is 49.0 Å². The van der Waals surface area contributed by atoms with E-state index in [1.54, 1.807) is 18.2 Å². The number of anilines is 1. The Morgan fingerprint density at radius 1 is 1.03 bits per heavy atom. The number of benzene rings is 1. The van der Waals surface area contributed by atoms with Crippen LogP contribution < -0.4 is 5.32 Å². The molecule has 9 nitrogen and oxygen atoms in total. The van der Waals surface area contributed by atoms with Crippen molar-refractivity contribution in [3.8, 4) is 0 Å². The van der Waals surface area contributed by atoms with Crippen molar-refractivity contribution in [3.05, 3.63) is 29.3 Å². The number of hydrogen-bond acceptors (Lipinski definition) is 9. The number of carbonyl (C=O) groups is 5. The molecule has 192 valence electrons. The van der Waals surface area contributed by atoms with E-state index in [1.807, 2.05) is 20.8 Å². The molecule has 0 radical (unpaired) electrons. The fourth-order valence-electron chi connectivity index (χ4n) is 3.81. The van der Waals surface area contributed by atoms with E-state index in [9.17, 15) is 24.0 Å². The first-order valence-electron chi connectivity index (χ1n) is 11.8. The van der Waals surface area contributed by atoms with Gasteiger partial charge in [0.1, 0.15) is 17.7 Å². The number of nitrogens with one attached hydrogen (secondary N) is 1. The summed E-state index contributed by atoms with van der Waals surface area (Å²) in [6, 6.07) is 4.97. The molecule has 1 aliphatic rings. The van der Waals surface area contributed by atoms with Gasteiger partial charge in [0, 0.05) is 30.1 Å². The smallest absolute Gasteiger partial charge is 0.308 e. The highest BCUT2D eigenvalue weighted by molar-refractivity contribution is 6.29. The van der Waals surface area contributed by atoms with Crippen LogP contribution in [0.4, 0.5) is 5.69 Å². The Labute approximate surface area is 205 Å². The Kier molecular flexibility index (Phi) is 10.7. The average Bonchev–Trinajstić information content (AvgIpc) is 3.03. The molecule has 0 saturated carbocycles. The molecule has 0 aromatic heterocycles. The molecule has 0 heterocycles. The molecule has 1 aliphatic carbocycles. The third-order valence-corrected chi connectivity index (χ3v) is 5.38. The number of aldehydes is 1. The largest absolute Gasteiger partial charge is 0.460 e. The molecule has 1 N–H and O–H groups in total. The zero-order chi connectivity index (χ0) is 26.0. The van der Waals surface area contributed by atoms with Gasteiger partial charge in [-0.25, -0.2) is 0 Å². The maximum Gasteiger partial charge on any atom is 0.308 e. The maximum absolute atomic E-state index is 13.0. The van der Waals surface area contributed by atoms with Gasteiger partial charge in [0.05, 0.1) is 44.3 Å². The number of ether oxygens (including phenoxy) is 3. The predicted octanol–water partition coefficient (Wildman–Crippen LogP) is 3.04. The third-order valence-electron chi connectivity index (χ3n) is 5.38. The average molecular weight is 490 g/mol. The first-order chi connectivity index (χ1) is 16.5. The summed E-state index contributed by atoms with van der Waals surface area (Å²) < 4.78 is 16.1. The number of rotatable bonds is 15. The quantitative estimate of drug-likeness (QED) is 0.171. The Bertz CT molecular complexity index is 934. The number of ketones is 3. The van der Waals surface area contributed by atoms with E-state index < -0.39 is 23.2 Å². The molecule has 0 bridgehead atoms. The zero-order valence-electron chi connectivity index (χ0n) is 20.9. The second-order valence-electron chi connectivity index (χ2n) is 9.46. The number of hydrogen-bond donors (Lipinski definition) is 1. The standard InChI is InChI=1S/C26H35NO8/c1-17(29)8-9-18(16-28)22-24(31)19-6-5-7-20(23(19)25(22)32)27-11-13-34-15-14-33-12-10-21(30)35-26(2,3)4/h5-7,16,18,22,27H,8-15H2,1-4H3. The van der Waals surface area contributed by atoms with Gasteiger partial charge in [0.25, 0.3) is 0 Å². The molecule has 2 atom stereocenters. The van der Waals surface area contributed by atoms with Crippen LogP contribution >= 0.6 is 0 Å². The molecule has 1 aromatic carbocycles. The van der Waals surface area contributed by atoms with Crippen molar-refractivity contribution in [1.29, 1.82) is 0 Å². The molecule has 0 spiro atoms. The minimum atomic E-state index is -1.08. The number of fused-ring (bicyclic) bond motifs is 1. The van der Waals surface area contributed by atoms with Crippen LogP contribution in [-0.2, 0) is 28.6 Å². The van der Waals surface area contributed by atoms with Crippen molar-refractivity contribution >= 4 is 35.3 Å². The maximum atomic E-state index is 13.0.